The third-order valence-electron chi connectivity index (χ3n) is 3.84. The molecule has 0 aliphatic rings. The van der Waals surface area contributed by atoms with Crippen molar-refractivity contribution in [2.45, 2.75) is 12.6 Å². The Morgan fingerprint density at radius 1 is 1.32 bits per heavy atom. The minimum atomic E-state index is -0.387. The van der Waals surface area contributed by atoms with Gasteiger partial charge in [-0.05, 0) is 29.8 Å². The zero-order chi connectivity index (χ0) is 17.6. The van der Waals surface area contributed by atoms with Crippen LogP contribution in [0.25, 0.3) is 0 Å². The molecule has 1 unspecified atom stereocenters. The second-order valence-electron chi connectivity index (χ2n) is 5.51. The highest BCUT2D eigenvalue weighted by molar-refractivity contribution is 5.74. The Bertz CT molecular complexity index is 809. The van der Waals surface area contributed by atoms with E-state index in [4.69, 9.17) is 9.15 Å². The summed E-state index contributed by atoms with van der Waals surface area (Å²) in [6, 6.07) is 10.4. The van der Waals surface area contributed by atoms with Crippen molar-refractivity contribution in [3.05, 3.63) is 72.2 Å². The van der Waals surface area contributed by atoms with E-state index in [9.17, 15) is 4.79 Å². The summed E-state index contributed by atoms with van der Waals surface area (Å²) < 4.78 is 12.3. The topological polar surface area (TPSA) is 81.3 Å². The third kappa shape index (κ3) is 4.00. The molecule has 0 saturated carbocycles. The quantitative estimate of drug-likeness (QED) is 0.723. The lowest BCUT2D eigenvalue weighted by Crippen LogP contribution is -2.38. The molecule has 0 bridgehead atoms. The molecule has 3 aromatic rings. The van der Waals surface area contributed by atoms with Crippen molar-refractivity contribution in [3.8, 4) is 5.75 Å². The Morgan fingerprint density at radius 2 is 2.12 bits per heavy atom. The summed E-state index contributed by atoms with van der Waals surface area (Å²) in [5.74, 6) is 2.18. The van der Waals surface area contributed by atoms with Crippen molar-refractivity contribution in [1.82, 2.24) is 20.2 Å². The predicted molar refractivity (Wildman–Crippen MR) is 92.1 cm³/mol. The Hall–Kier alpha value is -3.22. The zero-order valence-corrected chi connectivity index (χ0v) is 14.1. The Labute approximate surface area is 145 Å². The van der Waals surface area contributed by atoms with Gasteiger partial charge in [-0.2, -0.15) is 0 Å². The average Bonchev–Trinajstić information content (AvgIpc) is 3.30. The van der Waals surface area contributed by atoms with E-state index in [1.165, 1.54) is 0 Å². The standard InChI is InChI=1S/C18H20N4O3/c1-22-10-9-19-17(22)16(13-5-7-14(24-2)8-6-13)21-18(23)20-12-15-4-3-11-25-15/h3-11,16H,12H2,1-2H3,(H2,20,21,23). The van der Waals surface area contributed by atoms with Crippen molar-refractivity contribution in [3.63, 3.8) is 0 Å². The SMILES string of the molecule is COc1ccc(C(NC(=O)NCc2ccco2)c2nccn2C)cc1. The molecule has 25 heavy (non-hydrogen) atoms. The molecule has 0 aliphatic carbocycles. The summed E-state index contributed by atoms with van der Waals surface area (Å²) in [4.78, 5) is 16.7. The molecular formula is C18H20N4O3. The normalized spacial score (nSPS) is 11.8. The van der Waals surface area contributed by atoms with Gasteiger partial charge in [0.2, 0.25) is 0 Å². The number of nitrogens with zero attached hydrogens (tertiary/aromatic N) is 2. The number of aromatic nitrogens is 2. The zero-order valence-electron chi connectivity index (χ0n) is 14.1. The van der Waals surface area contributed by atoms with Crippen LogP contribution in [-0.4, -0.2) is 22.7 Å². The molecule has 2 heterocycles. The van der Waals surface area contributed by atoms with Gasteiger partial charge in [-0.25, -0.2) is 9.78 Å². The van der Waals surface area contributed by atoms with Crippen molar-refractivity contribution < 1.29 is 13.9 Å². The van der Waals surface area contributed by atoms with Crippen LogP contribution in [0, 0.1) is 0 Å². The fourth-order valence-corrected chi connectivity index (χ4v) is 2.51. The van der Waals surface area contributed by atoms with Gasteiger partial charge in [-0.15, -0.1) is 0 Å². The number of carbonyl (C=O) groups excluding carboxylic acids is 1. The lowest BCUT2D eigenvalue weighted by atomic mass is 10.1. The highest BCUT2D eigenvalue weighted by Gasteiger charge is 2.20. The molecule has 3 rings (SSSR count). The van der Waals surface area contributed by atoms with Crippen LogP contribution >= 0.6 is 0 Å². The number of ether oxygens (including phenoxy) is 1. The van der Waals surface area contributed by atoms with Crippen LogP contribution in [0.1, 0.15) is 23.2 Å². The first-order chi connectivity index (χ1) is 12.2. The van der Waals surface area contributed by atoms with Crippen LogP contribution in [0.5, 0.6) is 5.75 Å². The number of furan rings is 1. The molecule has 7 heteroatoms. The molecule has 2 amide bonds. The summed E-state index contributed by atoms with van der Waals surface area (Å²) in [6.45, 7) is 0.314. The van der Waals surface area contributed by atoms with Gasteiger partial charge in [0.15, 0.2) is 0 Å². The molecular weight excluding hydrogens is 320 g/mol. The number of aryl methyl sites for hydroxylation is 1. The van der Waals surface area contributed by atoms with E-state index in [1.54, 1.807) is 31.7 Å². The van der Waals surface area contributed by atoms with Crippen molar-refractivity contribution in [2.75, 3.05) is 7.11 Å². The number of benzene rings is 1. The molecule has 1 atom stereocenters. The van der Waals surface area contributed by atoms with Crippen molar-refractivity contribution in [1.29, 1.82) is 0 Å². The van der Waals surface area contributed by atoms with Gasteiger partial charge in [0.05, 0.1) is 19.9 Å². The van der Waals surface area contributed by atoms with Crippen molar-refractivity contribution in [2.24, 2.45) is 7.05 Å². The number of methoxy groups -OCH3 is 1. The Kier molecular flexibility index (Phi) is 5.03. The first-order valence-electron chi connectivity index (χ1n) is 7.85. The first-order valence-corrected chi connectivity index (χ1v) is 7.85. The van der Waals surface area contributed by atoms with Crippen LogP contribution in [0.2, 0.25) is 0 Å². The third-order valence-corrected chi connectivity index (χ3v) is 3.84. The molecule has 7 nitrogen and oxygen atoms in total. The van der Waals surface area contributed by atoms with Crippen LogP contribution in [0.4, 0.5) is 4.79 Å². The van der Waals surface area contributed by atoms with Gasteiger partial charge in [0, 0.05) is 19.4 Å². The number of hydrogen-bond donors (Lipinski definition) is 2. The number of carbonyl (C=O) groups is 1. The maximum Gasteiger partial charge on any atom is 0.316 e. The largest absolute Gasteiger partial charge is 0.497 e. The second kappa shape index (κ2) is 7.57. The molecule has 0 spiro atoms. The van der Waals surface area contributed by atoms with E-state index < -0.39 is 0 Å². The molecule has 2 N–H and O–H groups in total. The summed E-state index contributed by atoms with van der Waals surface area (Å²) in [5, 5.41) is 5.74. The smallest absolute Gasteiger partial charge is 0.316 e. The lowest BCUT2D eigenvalue weighted by Gasteiger charge is -2.19. The second-order valence-corrected chi connectivity index (χ2v) is 5.51. The van der Waals surface area contributed by atoms with E-state index in [-0.39, 0.29) is 12.1 Å². The average molecular weight is 340 g/mol. The fraction of sp³-hybridized carbons (Fsp3) is 0.222. The van der Waals surface area contributed by atoms with Gasteiger partial charge in [0.1, 0.15) is 23.4 Å². The summed E-state index contributed by atoms with van der Waals surface area (Å²) in [5.41, 5.74) is 0.906. The molecule has 0 saturated heterocycles. The van der Waals surface area contributed by atoms with Crippen LogP contribution in [0.3, 0.4) is 0 Å². The van der Waals surface area contributed by atoms with Crippen molar-refractivity contribution >= 4 is 6.03 Å². The Balaban J connectivity index is 1.76. The minimum absolute atomic E-state index is 0.305. The number of hydrogen-bond acceptors (Lipinski definition) is 4. The molecule has 0 fully saturated rings. The minimum Gasteiger partial charge on any atom is -0.497 e. The molecule has 1 aromatic carbocycles. The molecule has 2 aromatic heterocycles. The van der Waals surface area contributed by atoms with E-state index in [2.05, 4.69) is 15.6 Å². The monoisotopic (exact) mass is 340 g/mol. The van der Waals surface area contributed by atoms with E-state index in [0.717, 1.165) is 17.1 Å². The number of imidazole rings is 1. The van der Waals surface area contributed by atoms with Crippen LogP contribution in [-0.2, 0) is 13.6 Å². The highest BCUT2D eigenvalue weighted by Crippen LogP contribution is 2.22. The van der Waals surface area contributed by atoms with Gasteiger partial charge in [0.25, 0.3) is 0 Å². The van der Waals surface area contributed by atoms with Gasteiger partial charge in [-0.3, -0.25) is 0 Å². The fourth-order valence-electron chi connectivity index (χ4n) is 2.51. The Morgan fingerprint density at radius 3 is 2.72 bits per heavy atom. The highest BCUT2D eigenvalue weighted by atomic mass is 16.5. The van der Waals surface area contributed by atoms with E-state index in [1.807, 2.05) is 42.1 Å². The van der Waals surface area contributed by atoms with Gasteiger partial charge < -0.3 is 24.4 Å². The summed E-state index contributed by atoms with van der Waals surface area (Å²) in [6.07, 6.45) is 5.12. The molecule has 130 valence electrons. The summed E-state index contributed by atoms with van der Waals surface area (Å²) >= 11 is 0. The number of amides is 2. The van der Waals surface area contributed by atoms with E-state index in [0.29, 0.717) is 12.3 Å². The number of rotatable bonds is 6. The van der Waals surface area contributed by atoms with Crippen LogP contribution < -0.4 is 15.4 Å². The first kappa shape index (κ1) is 16.6. The van der Waals surface area contributed by atoms with E-state index >= 15 is 0 Å². The maximum absolute atomic E-state index is 12.3. The maximum atomic E-state index is 12.3. The predicted octanol–water partition coefficient (Wildman–Crippen LogP) is 2.61. The molecule has 0 aliphatic heterocycles. The summed E-state index contributed by atoms with van der Waals surface area (Å²) in [7, 11) is 3.51. The van der Waals surface area contributed by atoms with Gasteiger partial charge >= 0.3 is 6.03 Å². The molecule has 0 radical (unpaired) electrons. The van der Waals surface area contributed by atoms with Gasteiger partial charge in [-0.1, -0.05) is 12.1 Å². The number of nitrogens with one attached hydrogen (secondary N) is 2. The lowest BCUT2D eigenvalue weighted by molar-refractivity contribution is 0.236. The van der Waals surface area contributed by atoms with Crippen LogP contribution in [0.15, 0.2) is 59.5 Å². The number of urea groups is 1.